The number of carboxylic acid groups (broad SMARTS) is 1. The molecular formula is C50H78O18. The van der Waals surface area contributed by atoms with Gasteiger partial charge in [0, 0.05) is 19.3 Å². The van der Waals surface area contributed by atoms with Crippen LogP contribution in [-0.2, 0) is 52.3 Å². The number of ether oxygens (including phenoxy) is 8. The summed E-state index contributed by atoms with van der Waals surface area (Å²) in [6, 6.07) is 0. The van der Waals surface area contributed by atoms with Crippen LogP contribution in [0.1, 0.15) is 127 Å². The van der Waals surface area contributed by atoms with Gasteiger partial charge < -0.3 is 73.6 Å². The summed E-state index contributed by atoms with van der Waals surface area (Å²) in [6.45, 7) is 16.7. The van der Waals surface area contributed by atoms with Gasteiger partial charge in [0.15, 0.2) is 31.1 Å². The van der Waals surface area contributed by atoms with E-state index in [0.717, 1.165) is 58.8 Å². The standard InChI is InChI=1S/C50H78O18/c1-24-34(55)39(67-41-36(57)38(65-26(3)53)30(22-62-41)64-25(2)52)37(58)42(63-24)68-40-35(56)29(54)21-61-43(40)66-33-13-14-46(6)31(47(33,7)23-51)12-15-49(9)32(46)11-10-27-28-20-45(4,5)16-18-50(28,44(59)60)19-17-48(27,49)8/h10,24,28-43,51,54-58H,11-23H2,1-9H3,(H,59,60)/t24-,28-,29-,30-,31+,32-,33-,34-,35-,36+,37+,38-,39+,40+,41-,42-,43-,46-,47-,48+,49+,50-/m0/s1. The third kappa shape index (κ3) is 8.49. The smallest absolute Gasteiger partial charge is 0.310 e. The van der Waals surface area contributed by atoms with E-state index < -0.39 is 115 Å². The van der Waals surface area contributed by atoms with Crippen molar-refractivity contribution in [2.24, 2.45) is 50.2 Å². The average molecular weight is 967 g/mol. The largest absolute Gasteiger partial charge is 0.481 e. The van der Waals surface area contributed by atoms with Gasteiger partial charge in [0.1, 0.15) is 42.7 Å². The molecule has 8 aliphatic rings. The van der Waals surface area contributed by atoms with Crippen molar-refractivity contribution in [2.45, 2.75) is 213 Å². The molecule has 68 heavy (non-hydrogen) atoms. The summed E-state index contributed by atoms with van der Waals surface area (Å²) < 4.78 is 47.1. The lowest BCUT2D eigenvalue weighted by Crippen LogP contribution is -2.67. The maximum Gasteiger partial charge on any atom is 0.310 e. The normalized spacial score (nSPS) is 51.1. The van der Waals surface area contributed by atoms with E-state index in [0.29, 0.717) is 19.3 Å². The summed E-state index contributed by atoms with van der Waals surface area (Å²) in [6.07, 6.45) is -9.52. The molecule has 7 fully saturated rings. The zero-order valence-corrected chi connectivity index (χ0v) is 41.2. The van der Waals surface area contributed by atoms with Gasteiger partial charge in [-0.05, 0) is 111 Å². The number of carbonyl (C=O) groups is 3. The van der Waals surface area contributed by atoms with Crippen LogP contribution in [0.5, 0.6) is 0 Å². The molecule has 0 bridgehead atoms. The van der Waals surface area contributed by atoms with Gasteiger partial charge in [-0.1, -0.05) is 53.2 Å². The van der Waals surface area contributed by atoms with Crippen molar-refractivity contribution in [3.63, 3.8) is 0 Å². The zero-order valence-electron chi connectivity index (χ0n) is 41.2. The average Bonchev–Trinajstić information content (AvgIpc) is 3.26. The highest BCUT2D eigenvalue weighted by atomic mass is 16.8. The maximum absolute atomic E-state index is 13.2. The molecule has 0 aromatic heterocycles. The molecule has 4 saturated carbocycles. The quantitative estimate of drug-likeness (QED) is 0.0942. The molecule has 0 aromatic carbocycles. The molecular weight excluding hydrogens is 889 g/mol. The number of aliphatic carboxylic acids is 1. The Labute approximate surface area is 399 Å². The Bertz CT molecular complexity index is 1930. The van der Waals surface area contributed by atoms with E-state index >= 15 is 0 Å². The first kappa shape index (κ1) is 52.0. The summed E-state index contributed by atoms with van der Waals surface area (Å²) in [4.78, 5) is 36.8. The van der Waals surface area contributed by atoms with Crippen LogP contribution in [0.25, 0.3) is 0 Å². The molecule has 0 radical (unpaired) electrons. The van der Waals surface area contributed by atoms with Gasteiger partial charge in [-0.3, -0.25) is 14.4 Å². The number of carbonyl (C=O) groups excluding carboxylic acids is 2. The van der Waals surface area contributed by atoms with Crippen molar-refractivity contribution in [2.75, 3.05) is 19.8 Å². The van der Waals surface area contributed by atoms with E-state index in [1.165, 1.54) is 12.5 Å². The minimum atomic E-state index is -1.79. The lowest BCUT2D eigenvalue weighted by Gasteiger charge is -2.71. The fraction of sp³-hybridized carbons (Fsp3) is 0.900. The summed E-state index contributed by atoms with van der Waals surface area (Å²) in [5.74, 6) is -1.89. The van der Waals surface area contributed by atoms with Gasteiger partial charge in [0.25, 0.3) is 0 Å². The Morgan fingerprint density at radius 1 is 0.706 bits per heavy atom. The molecule has 0 aromatic rings. The number of hydrogen-bond acceptors (Lipinski definition) is 17. The fourth-order valence-electron chi connectivity index (χ4n) is 15.2. The van der Waals surface area contributed by atoms with E-state index in [-0.39, 0.29) is 59.2 Å². The monoisotopic (exact) mass is 967 g/mol. The number of esters is 2. The summed E-state index contributed by atoms with van der Waals surface area (Å²) in [5.41, 5.74) is -0.641. The van der Waals surface area contributed by atoms with Gasteiger partial charge in [-0.25, -0.2) is 0 Å². The predicted molar refractivity (Wildman–Crippen MR) is 238 cm³/mol. The number of aliphatic hydroxyl groups is 6. The van der Waals surface area contributed by atoms with Gasteiger partial charge in [-0.15, -0.1) is 0 Å². The van der Waals surface area contributed by atoms with Crippen LogP contribution < -0.4 is 0 Å². The second-order valence-electron chi connectivity index (χ2n) is 23.6. The van der Waals surface area contributed by atoms with Crippen LogP contribution >= 0.6 is 0 Å². The molecule has 5 aliphatic carbocycles. The van der Waals surface area contributed by atoms with Crippen molar-refractivity contribution in [1.29, 1.82) is 0 Å². The number of aliphatic hydroxyl groups excluding tert-OH is 6. The SMILES string of the molecule is CC(=O)O[C@@H]1[C@@H](O)[C@H](O[C@@H]2[C@@H](O)[C@H](C)O[C@@H](O[C@H]3[C@H](O[C@H]4CC[C@@]5(C)[C@@H](CC[C@]6(C)[C@H]5CC=C5[C@@H]7CC(C)(C)CC[C@]7(C(=O)O)CC[C@]56C)[C@]4(C)CO)OC[C@H](O)[C@@H]3O)[C@@H]2O)OC[C@@H]1OC(C)=O. The van der Waals surface area contributed by atoms with Crippen LogP contribution in [0.2, 0.25) is 0 Å². The Morgan fingerprint density at radius 2 is 1.35 bits per heavy atom. The molecule has 0 amide bonds. The number of carboxylic acids is 1. The first-order valence-corrected chi connectivity index (χ1v) is 24.9. The first-order valence-electron chi connectivity index (χ1n) is 24.9. The Balaban J connectivity index is 1.00. The number of hydrogen-bond donors (Lipinski definition) is 7. The van der Waals surface area contributed by atoms with E-state index in [2.05, 4.69) is 40.7 Å². The van der Waals surface area contributed by atoms with Crippen molar-refractivity contribution >= 4 is 17.9 Å². The van der Waals surface area contributed by atoms with Crippen molar-refractivity contribution in [1.82, 2.24) is 0 Å². The van der Waals surface area contributed by atoms with Gasteiger partial charge in [0.2, 0.25) is 0 Å². The molecule has 3 heterocycles. The predicted octanol–water partition coefficient (Wildman–Crippen LogP) is 3.13. The van der Waals surface area contributed by atoms with Gasteiger partial charge >= 0.3 is 17.9 Å². The maximum atomic E-state index is 13.2. The molecule has 386 valence electrons. The third-order valence-corrected chi connectivity index (χ3v) is 19.3. The molecule has 3 aliphatic heterocycles. The van der Waals surface area contributed by atoms with Crippen LogP contribution in [0.15, 0.2) is 11.6 Å². The van der Waals surface area contributed by atoms with Gasteiger partial charge in [0.05, 0.1) is 37.4 Å². The molecule has 18 heteroatoms. The lowest BCUT2D eigenvalue weighted by molar-refractivity contribution is -0.379. The Morgan fingerprint density at radius 3 is 2.01 bits per heavy atom. The zero-order chi connectivity index (χ0) is 49.7. The molecule has 8 rings (SSSR count). The second kappa shape index (κ2) is 18.6. The number of allylic oxidation sites excluding steroid dienone is 2. The Kier molecular flexibility index (Phi) is 14.2. The van der Waals surface area contributed by atoms with E-state index in [1.54, 1.807) is 0 Å². The Hall–Kier alpha value is -2.33. The highest BCUT2D eigenvalue weighted by Crippen LogP contribution is 2.76. The molecule has 0 unspecified atom stereocenters. The highest BCUT2D eigenvalue weighted by molar-refractivity contribution is 5.76. The highest BCUT2D eigenvalue weighted by Gasteiger charge is 2.70. The van der Waals surface area contributed by atoms with E-state index in [9.17, 15) is 50.1 Å². The lowest BCUT2D eigenvalue weighted by atomic mass is 9.33. The molecule has 3 saturated heterocycles. The number of fused-ring (bicyclic) bond motifs is 7. The summed E-state index contributed by atoms with van der Waals surface area (Å²) in [5, 5.41) is 78.7. The molecule has 7 N–H and O–H groups in total. The third-order valence-electron chi connectivity index (χ3n) is 19.3. The number of rotatable bonds is 10. The van der Waals surface area contributed by atoms with Crippen molar-refractivity contribution < 1.29 is 88.0 Å². The van der Waals surface area contributed by atoms with Crippen molar-refractivity contribution in [3.8, 4) is 0 Å². The van der Waals surface area contributed by atoms with E-state index in [1.807, 2.05) is 6.92 Å². The molecule has 22 atom stereocenters. The van der Waals surface area contributed by atoms with Crippen LogP contribution in [0.4, 0.5) is 0 Å². The van der Waals surface area contributed by atoms with Crippen LogP contribution in [0.3, 0.4) is 0 Å². The molecule has 18 nitrogen and oxygen atoms in total. The van der Waals surface area contributed by atoms with Crippen molar-refractivity contribution in [3.05, 3.63) is 11.6 Å². The first-order chi connectivity index (χ1) is 31.8. The second-order valence-corrected chi connectivity index (χ2v) is 23.6. The minimum absolute atomic E-state index is 0.00715. The van der Waals surface area contributed by atoms with Gasteiger partial charge in [-0.2, -0.15) is 0 Å². The topological polar surface area (TPSA) is 267 Å². The minimum Gasteiger partial charge on any atom is -0.481 e. The summed E-state index contributed by atoms with van der Waals surface area (Å²) >= 11 is 0. The fourth-order valence-corrected chi connectivity index (χ4v) is 15.2. The van der Waals surface area contributed by atoms with Crippen LogP contribution in [0, 0.1) is 50.2 Å². The van der Waals surface area contributed by atoms with E-state index in [4.69, 9.17) is 37.9 Å². The van der Waals surface area contributed by atoms with Crippen LogP contribution in [-0.4, -0.2) is 159 Å². The summed E-state index contributed by atoms with van der Waals surface area (Å²) in [7, 11) is 0. The molecule has 0 spiro atoms.